The number of aromatic nitrogens is 2. The van der Waals surface area contributed by atoms with Crippen LogP contribution in [-0.4, -0.2) is 39.0 Å². The maximum absolute atomic E-state index is 11.1. The van der Waals surface area contributed by atoms with Gasteiger partial charge in [-0.25, -0.2) is 14.8 Å². The molecule has 1 unspecified atom stereocenters. The standard InChI is InChI=1S/C17H19N3O2/c21-17(22)14-5-1-4-13(10-14)15-6-2-9-20(11-15)12-16-18-7-3-8-19-16/h1,3-5,7-8,10,15H,2,6,9,11-12H2,(H,21,22). The van der Waals surface area contributed by atoms with Crippen molar-refractivity contribution in [1.29, 1.82) is 0 Å². The molecule has 1 aliphatic rings. The van der Waals surface area contributed by atoms with Crippen LogP contribution in [0.3, 0.4) is 0 Å². The smallest absolute Gasteiger partial charge is 0.335 e. The number of rotatable bonds is 4. The second-order valence-corrected chi connectivity index (χ2v) is 5.67. The van der Waals surface area contributed by atoms with Crippen LogP contribution in [0.15, 0.2) is 42.7 Å². The highest BCUT2D eigenvalue weighted by atomic mass is 16.4. The summed E-state index contributed by atoms with van der Waals surface area (Å²) in [5.74, 6) is 0.339. The second kappa shape index (κ2) is 6.66. The largest absolute Gasteiger partial charge is 0.478 e. The van der Waals surface area contributed by atoms with Gasteiger partial charge in [-0.05, 0) is 49.1 Å². The Morgan fingerprint density at radius 1 is 1.27 bits per heavy atom. The van der Waals surface area contributed by atoms with Crippen LogP contribution in [-0.2, 0) is 6.54 Å². The van der Waals surface area contributed by atoms with E-state index < -0.39 is 5.97 Å². The molecular weight excluding hydrogens is 278 g/mol. The molecule has 0 radical (unpaired) electrons. The predicted molar refractivity (Wildman–Crippen MR) is 82.7 cm³/mol. The zero-order chi connectivity index (χ0) is 15.4. The Morgan fingerprint density at radius 3 is 2.86 bits per heavy atom. The predicted octanol–water partition coefficient (Wildman–Crippen LogP) is 2.55. The van der Waals surface area contributed by atoms with Gasteiger partial charge in [0, 0.05) is 18.9 Å². The van der Waals surface area contributed by atoms with Crippen molar-refractivity contribution in [2.75, 3.05) is 13.1 Å². The molecule has 0 amide bonds. The van der Waals surface area contributed by atoms with E-state index in [0.29, 0.717) is 11.5 Å². The third kappa shape index (κ3) is 3.49. The zero-order valence-corrected chi connectivity index (χ0v) is 12.4. The van der Waals surface area contributed by atoms with Crippen molar-refractivity contribution < 1.29 is 9.90 Å². The molecule has 1 N–H and O–H groups in total. The molecule has 1 fully saturated rings. The third-order valence-corrected chi connectivity index (χ3v) is 4.09. The summed E-state index contributed by atoms with van der Waals surface area (Å²) in [6, 6.07) is 9.12. The number of piperidine rings is 1. The molecule has 1 aromatic carbocycles. The summed E-state index contributed by atoms with van der Waals surface area (Å²) in [7, 11) is 0. The average Bonchev–Trinajstić information content (AvgIpc) is 2.56. The normalized spacial score (nSPS) is 19.0. The molecule has 0 bridgehead atoms. The van der Waals surface area contributed by atoms with Crippen molar-refractivity contribution >= 4 is 5.97 Å². The van der Waals surface area contributed by atoms with E-state index in [0.717, 1.165) is 43.9 Å². The zero-order valence-electron chi connectivity index (χ0n) is 12.4. The molecule has 22 heavy (non-hydrogen) atoms. The second-order valence-electron chi connectivity index (χ2n) is 5.67. The van der Waals surface area contributed by atoms with Crippen molar-refractivity contribution in [3.63, 3.8) is 0 Å². The first-order chi connectivity index (χ1) is 10.7. The van der Waals surface area contributed by atoms with Crippen LogP contribution in [0.1, 0.15) is 40.5 Å². The van der Waals surface area contributed by atoms with Crippen LogP contribution >= 0.6 is 0 Å². The van der Waals surface area contributed by atoms with Gasteiger partial charge in [0.15, 0.2) is 0 Å². The number of benzene rings is 1. The van der Waals surface area contributed by atoms with Gasteiger partial charge in [0.2, 0.25) is 0 Å². The molecule has 0 saturated carbocycles. The van der Waals surface area contributed by atoms with Gasteiger partial charge in [0.1, 0.15) is 5.82 Å². The molecule has 1 aromatic heterocycles. The van der Waals surface area contributed by atoms with Crippen molar-refractivity contribution in [2.24, 2.45) is 0 Å². The minimum atomic E-state index is -0.868. The van der Waals surface area contributed by atoms with E-state index in [1.165, 1.54) is 0 Å². The van der Waals surface area contributed by atoms with Gasteiger partial charge < -0.3 is 5.11 Å². The molecule has 3 rings (SSSR count). The van der Waals surface area contributed by atoms with Gasteiger partial charge in [-0.1, -0.05) is 12.1 Å². The SMILES string of the molecule is O=C(O)c1cccc(C2CCCN(Cc3ncccn3)C2)c1. The van der Waals surface area contributed by atoms with Gasteiger partial charge in [0.25, 0.3) is 0 Å². The molecule has 2 heterocycles. The first-order valence-electron chi connectivity index (χ1n) is 7.54. The first-order valence-corrected chi connectivity index (χ1v) is 7.54. The van der Waals surface area contributed by atoms with Crippen LogP contribution in [0.2, 0.25) is 0 Å². The first kappa shape index (κ1) is 14.7. The van der Waals surface area contributed by atoms with E-state index in [4.69, 9.17) is 5.11 Å². The minimum absolute atomic E-state index is 0.362. The van der Waals surface area contributed by atoms with Crippen molar-refractivity contribution in [1.82, 2.24) is 14.9 Å². The van der Waals surface area contributed by atoms with E-state index in [9.17, 15) is 4.79 Å². The van der Waals surface area contributed by atoms with Gasteiger partial charge in [0.05, 0.1) is 12.1 Å². The fourth-order valence-corrected chi connectivity index (χ4v) is 3.01. The molecule has 1 aliphatic heterocycles. The van der Waals surface area contributed by atoms with Crippen molar-refractivity contribution in [2.45, 2.75) is 25.3 Å². The van der Waals surface area contributed by atoms with E-state index in [1.54, 1.807) is 24.5 Å². The monoisotopic (exact) mass is 297 g/mol. The van der Waals surface area contributed by atoms with Gasteiger partial charge >= 0.3 is 5.97 Å². The fraction of sp³-hybridized carbons (Fsp3) is 0.353. The Balaban J connectivity index is 1.70. The maximum atomic E-state index is 11.1. The lowest BCUT2D eigenvalue weighted by atomic mass is 9.89. The molecule has 2 aromatic rings. The number of nitrogens with zero attached hydrogens (tertiary/aromatic N) is 3. The average molecular weight is 297 g/mol. The van der Waals surface area contributed by atoms with Gasteiger partial charge in [-0.3, -0.25) is 4.90 Å². The molecule has 1 atom stereocenters. The van der Waals surface area contributed by atoms with Gasteiger partial charge in [-0.2, -0.15) is 0 Å². The number of hydrogen-bond acceptors (Lipinski definition) is 4. The van der Waals surface area contributed by atoms with Crippen LogP contribution in [0, 0.1) is 0 Å². The Kier molecular flexibility index (Phi) is 4.44. The van der Waals surface area contributed by atoms with Crippen LogP contribution < -0.4 is 0 Å². The van der Waals surface area contributed by atoms with E-state index >= 15 is 0 Å². The van der Waals surface area contributed by atoms with Crippen LogP contribution in [0.5, 0.6) is 0 Å². The fourth-order valence-electron chi connectivity index (χ4n) is 3.01. The highest BCUT2D eigenvalue weighted by Crippen LogP contribution is 2.28. The number of aromatic carboxylic acids is 1. The number of carboxylic acids is 1. The molecule has 5 nitrogen and oxygen atoms in total. The molecule has 1 saturated heterocycles. The minimum Gasteiger partial charge on any atom is -0.478 e. The quantitative estimate of drug-likeness (QED) is 0.939. The Morgan fingerprint density at radius 2 is 2.09 bits per heavy atom. The summed E-state index contributed by atoms with van der Waals surface area (Å²) >= 11 is 0. The lowest BCUT2D eigenvalue weighted by Gasteiger charge is -2.32. The number of likely N-dealkylation sites (tertiary alicyclic amines) is 1. The third-order valence-electron chi connectivity index (χ3n) is 4.09. The number of carbonyl (C=O) groups is 1. The summed E-state index contributed by atoms with van der Waals surface area (Å²) < 4.78 is 0. The number of carboxylic acid groups (broad SMARTS) is 1. The molecule has 5 heteroatoms. The topological polar surface area (TPSA) is 66.3 Å². The van der Waals surface area contributed by atoms with E-state index in [-0.39, 0.29) is 0 Å². The summed E-state index contributed by atoms with van der Waals surface area (Å²) in [5, 5.41) is 9.13. The lowest BCUT2D eigenvalue weighted by Crippen LogP contribution is -2.34. The Bertz CT molecular complexity index is 645. The molecule has 0 spiro atoms. The summed E-state index contributed by atoms with van der Waals surface area (Å²) in [6.45, 7) is 2.70. The summed E-state index contributed by atoms with van der Waals surface area (Å²) in [4.78, 5) is 22.0. The molecule has 0 aliphatic carbocycles. The van der Waals surface area contributed by atoms with Crippen molar-refractivity contribution in [3.8, 4) is 0 Å². The Labute approximate surface area is 129 Å². The number of hydrogen-bond donors (Lipinski definition) is 1. The van der Waals surface area contributed by atoms with E-state index in [2.05, 4.69) is 14.9 Å². The van der Waals surface area contributed by atoms with Gasteiger partial charge in [-0.15, -0.1) is 0 Å². The Hall–Kier alpha value is -2.27. The molecule has 114 valence electrons. The molecular formula is C17H19N3O2. The maximum Gasteiger partial charge on any atom is 0.335 e. The summed E-state index contributed by atoms with van der Waals surface area (Å²) in [5.41, 5.74) is 1.47. The van der Waals surface area contributed by atoms with Crippen molar-refractivity contribution in [3.05, 3.63) is 59.7 Å². The highest BCUT2D eigenvalue weighted by Gasteiger charge is 2.22. The van der Waals surface area contributed by atoms with Crippen LogP contribution in [0.25, 0.3) is 0 Å². The summed E-state index contributed by atoms with van der Waals surface area (Å²) in [6.07, 6.45) is 5.73. The van der Waals surface area contributed by atoms with Crippen LogP contribution in [0.4, 0.5) is 0 Å². The van der Waals surface area contributed by atoms with E-state index in [1.807, 2.05) is 18.2 Å². The highest BCUT2D eigenvalue weighted by molar-refractivity contribution is 5.87. The lowest BCUT2D eigenvalue weighted by molar-refractivity contribution is 0.0696.